The van der Waals surface area contributed by atoms with Crippen LogP contribution in [0.4, 0.5) is 0 Å². The molecule has 0 aromatic rings. The molecule has 0 heterocycles. The lowest BCUT2D eigenvalue weighted by Gasteiger charge is -1.95. The standard InChI is InChI=1S/C9H15N5/c1-6-2-3-7(4-6)5-13-9(12)14-8(10)11/h3-4H,2,5H2,1H3,(H6,10,11,12,13,14). The molecular formula is C9H15N5. The molecule has 0 fully saturated rings. The fourth-order valence-corrected chi connectivity index (χ4v) is 1.18. The molecule has 0 spiro atoms. The highest BCUT2D eigenvalue weighted by molar-refractivity contribution is 5.92. The van der Waals surface area contributed by atoms with Crippen molar-refractivity contribution in [2.75, 3.05) is 6.54 Å². The molecule has 0 amide bonds. The number of nitrogens with two attached hydrogens (primary N) is 3. The minimum atomic E-state index is -0.0709. The smallest absolute Gasteiger partial charge is 0.218 e. The van der Waals surface area contributed by atoms with Gasteiger partial charge in [0.1, 0.15) is 0 Å². The largest absolute Gasteiger partial charge is 0.370 e. The average Bonchev–Trinajstić information content (AvgIpc) is 2.47. The van der Waals surface area contributed by atoms with E-state index in [-0.39, 0.29) is 11.9 Å². The maximum absolute atomic E-state index is 5.44. The summed E-state index contributed by atoms with van der Waals surface area (Å²) in [4.78, 5) is 7.62. The Morgan fingerprint density at radius 1 is 1.43 bits per heavy atom. The van der Waals surface area contributed by atoms with Crippen LogP contribution in [0.5, 0.6) is 0 Å². The van der Waals surface area contributed by atoms with E-state index < -0.39 is 0 Å². The van der Waals surface area contributed by atoms with E-state index in [9.17, 15) is 0 Å². The van der Waals surface area contributed by atoms with Crippen molar-refractivity contribution in [1.29, 1.82) is 0 Å². The summed E-state index contributed by atoms with van der Waals surface area (Å²) in [5.41, 5.74) is 18.2. The third-order valence-corrected chi connectivity index (χ3v) is 1.79. The molecular weight excluding hydrogens is 178 g/mol. The lowest BCUT2D eigenvalue weighted by Crippen LogP contribution is -2.26. The van der Waals surface area contributed by atoms with Gasteiger partial charge in [0.15, 0.2) is 5.96 Å². The van der Waals surface area contributed by atoms with Crippen molar-refractivity contribution >= 4 is 11.9 Å². The van der Waals surface area contributed by atoms with Crippen molar-refractivity contribution in [3.05, 3.63) is 23.3 Å². The molecule has 0 aromatic carbocycles. The van der Waals surface area contributed by atoms with Crippen LogP contribution < -0.4 is 17.2 Å². The highest BCUT2D eigenvalue weighted by Crippen LogP contribution is 2.16. The van der Waals surface area contributed by atoms with Crippen LogP contribution in [0.25, 0.3) is 0 Å². The Hall–Kier alpha value is -1.78. The van der Waals surface area contributed by atoms with E-state index in [1.165, 1.54) is 5.57 Å². The average molecular weight is 193 g/mol. The molecule has 1 aliphatic carbocycles. The summed E-state index contributed by atoms with van der Waals surface area (Å²) >= 11 is 0. The SMILES string of the molecule is CC1=CC(CN=C(N)N=C(N)N)=CC1. The van der Waals surface area contributed by atoms with E-state index in [0.29, 0.717) is 6.54 Å². The van der Waals surface area contributed by atoms with Crippen molar-refractivity contribution in [3.8, 4) is 0 Å². The second kappa shape index (κ2) is 4.45. The van der Waals surface area contributed by atoms with Gasteiger partial charge in [0.2, 0.25) is 5.96 Å². The first-order chi connectivity index (χ1) is 6.58. The van der Waals surface area contributed by atoms with Crippen LogP contribution in [0.1, 0.15) is 13.3 Å². The Balaban J connectivity index is 2.51. The van der Waals surface area contributed by atoms with E-state index in [1.54, 1.807) is 0 Å². The van der Waals surface area contributed by atoms with Crippen LogP contribution in [0.3, 0.4) is 0 Å². The quantitative estimate of drug-likeness (QED) is 0.419. The molecule has 6 N–H and O–H groups in total. The van der Waals surface area contributed by atoms with Crippen LogP contribution >= 0.6 is 0 Å². The van der Waals surface area contributed by atoms with Gasteiger partial charge < -0.3 is 17.2 Å². The lowest BCUT2D eigenvalue weighted by atomic mass is 10.3. The Bertz CT molecular complexity index is 331. The topological polar surface area (TPSA) is 103 Å². The molecule has 5 nitrogen and oxygen atoms in total. The summed E-state index contributed by atoms with van der Waals surface area (Å²) in [5, 5.41) is 0. The minimum absolute atomic E-state index is 0.0709. The van der Waals surface area contributed by atoms with Crippen LogP contribution in [0.2, 0.25) is 0 Å². The van der Waals surface area contributed by atoms with E-state index in [2.05, 4.69) is 29.1 Å². The normalized spacial score (nSPS) is 16.2. The van der Waals surface area contributed by atoms with Gasteiger partial charge >= 0.3 is 0 Å². The molecule has 1 rings (SSSR count). The van der Waals surface area contributed by atoms with Crippen LogP contribution in [-0.4, -0.2) is 18.5 Å². The zero-order valence-corrected chi connectivity index (χ0v) is 8.20. The lowest BCUT2D eigenvalue weighted by molar-refractivity contribution is 1.16. The highest BCUT2D eigenvalue weighted by Gasteiger charge is 2.01. The van der Waals surface area contributed by atoms with Gasteiger partial charge in [0, 0.05) is 0 Å². The Kier molecular flexibility index (Phi) is 3.28. The molecule has 0 bridgehead atoms. The molecule has 14 heavy (non-hydrogen) atoms. The van der Waals surface area contributed by atoms with Crippen LogP contribution in [0, 0.1) is 0 Å². The van der Waals surface area contributed by atoms with Gasteiger partial charge in [-0.25, -0.2) is 4.99 Å². The third kappa shape index (κ3) is 3.30. The summed E-state index contributed by atoms with van der Waals surface area (Å²) in [6.45, 7) is 2.60. The van der Waals surface area contributed by atoms with Gasteiger partial charge in [-0.15, -0.1) is 0 Å². The third-order valence-electron chi connectivity index (χ3n) is 1.79. The number of nitrogens with zero attached hydrogens (tertiary/aromatic N) is 2. The Morgan fingerprint density at radius 2 is 2.14 bits per heavy atom. The molecule has 0 atom stereocenters. The minimum Gasteiger partial charge on any atom is -0.370 e. The van der Waals surface area contributed by atoms with Crippen LogP contribution in [0.15, 0.2) is 33.3 Å². The number of rotatable bonds is 2. The molecule has 0 saturated heterocycles. The molecule has 0 saturated carbocycles. The summed E-state index contributed by atoms with van der Waals surface area (Å²) in [6, 6.07) is 0. The van der Waals surface area contributed by atoms with Crippen molar-refractivity contribution in [1.82, 2.24) is 0 Å². The van der Waals surface area contributed by atoms with Gasteiger partial charge in [0.05, 0.1) is 6.54 Å². The Labute approximate surface area is 83.1 Å². The van der Waals surface area contributed by atoms with E-state index in [0.717, 1.165) is 12.0 Å². The molecule has 5 heteroatoms. The number of aliphatic imine (C=N–C) groups is 2. The number of allylic oxidation sites excluding steroid dienone is 2. The second-order valence-electron chi connectivity index (χ2n) is 3.18. The molecule has 0 unspecified atom stereocenters. The van der Waals surface area contributed by atoms with Gasteiger partial charge in [-0.05, 0) is 18.9 Å². The monoisotopic (exact) mass is 193 g/mol. The van der Waals surface area contributed by atoms with Crippen molar-refractivity contribution in [3.63, 3.8) is 0 Å². The molecule has 0 aliphatic heterocycles. The van der Waals surface area contributed by atoms with E-state index in [1.807, 2.05) is 0 Å². The van der Waals surface area contributed by atoms with Gasteiger partial charge in [-0.2, -0.15) is 4.99 Å². The molecule has 0 aromatic heterocycles. The van der Waals surface area contributed by atoms with E-state index >= 15 is 0 Å². The predicted molar refractivity (Wildman–Crippen MR) is 58.8 cm³/mol. The maximum Gasteiger partial charge on any atom is 0.218 e. The van der Waals surface area contributed by atoms with Gasteiger partial charge in [-0.1, -0.05) is 17.7 Å². The molecule has 1 aliphatic rings. The molecule has 0 radical (unpaired) electrons. The fourth-order valence-electron chi connectivity index (χ4n) is 1.18. The second-order valence-corrected chi connectivity index (χ2v) is 3.18. The Morgan fingerprint density at radius 3 is 2.64 bits per heavy atom. The summed E-state index contributed by atoms with van der Waals surface area (Å²) in [6.07, 6.45) is 5.20. The summed E-state index contributed by atoms with van der Waals surface area (Å²) in [5.74, 6) is 0.0437. The summed E-state index contributed by atoms with van der Waals surface area (Å²) < 4.78 is 0. The molecule has 76 valence electrons. The van der Waals surface area contributed by atoms with Gasteiger partial charge in [-0.3, -0.25) is 0 Å². The van der Waals surface area contributed by atoms with Crippen LogP contribution in [-0.2, 0) is 0 Å². The van der Waals surface area contributed by atoms with E-state index in [4.69, 9.17) is 17.2 Å². The van der Waals surface area contributed by atoms with Crippen molar-refractivity contribution in [2.45, 2.75) is 13.3 Å². The number of hydrogen-bond donors (Lipinski definition) is 3. The number of hydrogen-bond acceptors (Lipinski definition) is 1. The van der Waals surface area contributed by atoms with Crippen molar-refractivity contribution in [2.24, 2.45) is 27.2 Å². The zero-order chi connectivity index (χ0) is 10.6. The van der Waals surface area contributed by atoms with Crippen molar-refractivity contribution < 1.29 is 0 Å². The first-order valence-electron chi connectivity index (χ1n) is 4.33. The first kappa shape index (κ1) is 10.3. The summed E-state index contributed by atoms with van der Waals surface area (Å²) in [7, 11) is 0. The maximum atomic E-state index is 5.44. The highest BCUT2D eigenvalue weighted by atomic mass is 15.1. The zero-order valence-electron chi connectivity index (χ0n) is 8.20. The fraction of sp³-hybridized carbons (Fsp3) is 0.333. The van der Waals surface area contributed by atoms with Gasteiger partial charge in [0.25, 0.3) is 0 Å². The number of guanidine groups is 2. The first-order valence-corrected chi connectivity index (χ1v) is 4.33. The predicted octanol–water partition coefficient (Wildman–Crippen LogP) is -0.149.